The second kappa shape index (κ2) is 6.78. The standard InChI is InChI=1S/C16H21N3O4/c1-10-5-11(2)7-15(6-10)23-9-14(20)8-18-13(4)16(19(21)22)12(3)17-18/h5-7,14,20H,8-9H2,1-4H3/t14-/m0/s1. The topological polar surface area (TPSA) is 90.4 Å². The summed E-state index contributed by atoms with van der Waals surface area (Å²) in [7, 11) is 0. The normalized spacial score (nSPS) is 12.2. The van der Waals surface area contributed by atoms with Crippen molar-refractivity contribution in [3.8, 4) is 5.75 Å². The largest absolute Gasteiger partial charge is 0.491 e. The number of aromatic nitrogens is 2. The lowest BCUT2D eigenvalue weighted by molar-refractivity contribution is -0.386. The van der Waals surface area contributed by atoms with Gasteiger partial charge in [0.2, 0.25) is 0 Å². The lowest BCUT2D eigenvalue weighted by Gasteiger charge is -2.14. The zero-order valence-electron chi connectivity index (χ0n) is 13.7. The van der Waals surface area contributed by atoms with E-state index in [-0.39, 0.29) is 18.8 Å². The molecule has 2 aromatic rings. The molecular weight excluding hydrogens is 298 g/mol. The minimum atomic E-state index is -0.812. The van der Waals surface area contributed by atoms with Crippen LogP contribution in [0.1, 0.15) is 22.5 Å². The smallest absolute Gasteiger partial charge is 0.312 e. The van der Waals surface area contributed by atoms with Crippen LogP contribution in [0, 0.1) is 37.8 Å². The van der Waals surface area contributed by atoms with E-state index in [1.54, 1.807) is 13.8 Å². The van der Waals surface area contributed by atoms with Crippen molar-refractivity contribution in [2.75, 3.05) is 6.61 Å². The molecule has 0 aliphatic carbocycles. The summed E-state index contributed by atoms with van der Waals surface area (Å²) in [5, 5.41) is 25.2. The van der Waals surface area contributed by atoms with Crippen LogP contribution in [0.4, 0.5) is 5.69 Å². The number of benzene rings is 1. The summed E-state index contributed by atoms with van der Waals surface area (Å²) >= 11 is 0. The van der Waals surface area contributed by atoms with E-state index in [2.05, 4.69) is 5.10 Å². The lowest BCUT2D eigenvalue weighted by Crippen LogP contribution is -2.24. The number of aryl methyl sites for hydroxylation is 3. The van der Waals surface area contributed by atoms with Gasteiger partial charge < -0.3 is 9.84 Å². The molecule has 7 nitrogen and oxygen atoms in total. The summed E-state index contributed by atoms with van der Waals surface area (Å²) in [6.45, 7) is 7.40. The van der Waals surface area contributed by atoms with Gasteiger partial charge in [-0.15, -0.1) is 0 Å². The fraction of sp³-hybridized carbons (Fsp3) is 0.438. The van der Waals surface area contributed by atoms with Gasteiger partial charge in [-0.2, -0.15) is 5.10 Å². The van der Waals surface area contributed by atoms with Gasteiger partial charge in [0.15, 0.2) is 0 Å². The van der Waals surface area contributed by atoms with Crippen LogP contribution < -0.4 is 4.74 Å². The Morgan fingerprint density at radius 2 is 1.87 bits per heavy atom. The molecule has 0 aliphatic rings. The second-order valence-corrected chi connectivity index (χ2v) is 5.75. The highest BCUT2D eigenvalue weighted by atomic mass is 16.6. The van der Waals surface area contributed by atoms with E-state index < -0.39 is 11.0 Å². The molecule has 0 saturated heterocycles. The minimum Gasteiger partial charge on any atom is -0.491 e. The fourth-order valence-electron chi connectivity index (χ4n) is 2.59. The molecular formula is C16H21N3O4. The number of aliphatic hydroxyl groups excluding tert-OH is 1. The van der Waals surface area contributed by atoms with E-state index >= 15 is 0 Å². The average molecular weight is 319 g/mol. The Labute approximate surface area is 134 Å². The molecule has 0 bridgehead atoms. The molecule has 23 heavy (non-hydrogen) atoms. The first-order chi connectivity index (χ1) is 10.8. The Bertz CT molecular complexity index is 704. The van der Waals surface area contributed by atoms with Crippen LogP contribution in [0.3, 0.4) is 0 Å². The maximum atomic E-state index is 11.0. The van der Waals surface area contributed by atoms with Gasteiger partial charge >= 0.3 is 5.69 Å². The maximum Gasteiger partial charge on any atom is 0.312 e. The van der Waals surface area contributed by atoms with Gasteiger partial charge in [-0.05, 0) is 51.0 Å². The molecule has 0 fully saturated rings. The Morgan fingerprint density at radius 1 is 1.26 bits per heavy atom. The summed E-state index contributed by atoms with van der Waals surface area (Å²) in [6, 6.07) is 5.83. The number of ether oxygens (including phenoxy) is 1. The zero-order valence-corrected chi connectivity index (χ0v) is 13.7. The van der Waals surface area contributed by atoms with Crippen molar-refractivity contribution in [3.05, 3.63) is 50.8 Å². The number of rotatable bonds is 6. The molecule has 1 atom stereocenters. The average Bonchev–Trinajstić information content (AvgIpc) is 2.70. The van der Waals surface area contributed by atoms with E-state index in [1.807, 2.05) is 32.0 Å². The highest BCUT2D eigenvalue weighted by Gasteiger charge is 2.22. The van der Waals surface area contributed by atoms with Gasteiger partial charge in [0.05, 0.1) is 11.5 Å². The molecule has 2 rings (SSSR count). The van der Waals surface area contributed by atoms with Gasteiger partial charge in [-0.3, -0.25) is 14.8 Å². The molecule has 0 radical (unpaired) electrons. The molecule has 124 valence electrons. The third kappa shape index (κ3) is 4.07. The van der Waals surface area contributed by atoms with Crippen molar-refractivity contribution in [1.82, 2.24) is 9.78 Å². The molecule has 0 spiro atoms. The van der Waals surface area contributed by atoms with E-state index in [4.69, 9.17) is 4.74 Å². The van der Waals surface area contributed by atoms with Crippen molar-refractivity contribution in [3.63, 3.8) is 0 Å². The van der Waals surface area contributed by atoms with E-state index in [9.17, 15) is 15.2 Å². The van der Waals surface area contributed by atoms with Gasteiger partial charge in [0.1, 0.15) is 29.8 Å². The molecule has 1 heterocycles. The first-order valence-corrected chi connectivity index (χ1v) is 7.35. The van der Waals surface area contributed by atoms with Crippen LogP contribution in [0.5, 0.6) is 5.75 Å². The Hall–Kier alpha value is -2.41. The molecule has 1 aromatic heterocycles. The summed E-state index contributed by atoms with van der Waals surface area (Å²) in [5.74, 6) is 0.695. The highest BCUT2D eigenvalue weighted by molar-refractivity contribution is 5.39. The fourth-order valence-corrected chi connectivity index (χ4v) is 2.59. The first-order valence-electron chi connectivity index (χ1n) is 7.35. The molecule has 1 aromatic carbocycles. The third-order valence-corrected chi connectivity index (χ3v) is 3.55. The number of hydrogen-bond acceptors (Lipinski definition) is 5. The minimum absolute atomic E-state index is 0.00701. The van der Waals surface area contributed by atoms with Crippen LogP contribution in [0.2, 0.25) is 0 Å². The number of nitrogens with zero attached hydrogens (tertiary/aromatic N) is 3. The Morgan fingerprint density at radius 3 is 2.39 bits per heavy atom. The maximum absolute atomic E-state index is 11.0. The predicted molar refractivity (Wildman–Crippen MR) is 85.8 cm³/mol. The van der Waals surface area contributed by atoms with Crippen molar-refractivity contribution in [2.45, 2.75) is 40.3 Å². The van der Waals surface area contributed by atoms with E-state index in [0.717, 1.165) is 11.1 Å². The zero-order chi connectivity index (χ0) is 17.1. The second-order valence-electron chi connectivity index (χ2n) is 5.75. The van der Waals surface area contributed by atoms with E-state index in [0.29, 0.717) is 17.1 Å². The molecule has 0 amide bonds. The molecule has 7 heteroatoms. The Kier molecular flexibility index (Phi) is 5.00. The predicted octanol–water partition coefficient (Wildman–Crippen LogP) is 2.46. The molecule has 0 saturated carbocycles. The van der Waals surface area contributed by atoms with Crippen molar-refractivity contribution < 1.29 is 14.8 Å². The highest BCUT2D eigenvalue weighted by Crippen LogP contribution is 2.22. The number of aliphatic hydroxyl groups is 1. The number of hydrogen-bond donors (Lipinski definition) is 1. The van der Waals surface area contributed by atoms with Gasteiger partial charge in [-0.25, -0.2) is 0 Å². The Balaban J connectivity index is 2.01. The van der Waals surface area contributed by atoms with Crippen molar-refractivity contribution in [1.29, 1.82) is 0 Å². The van der Waals surface area contributed by atoms with Crippen LogP contribution in [-0.4, -0.2) is 32.5 Å². The van der Waals surface area contributed by atoms with Crippen LogP contribution in [0.25, 0.3) is 0 Å². The summed E-state index contributed by atoms with van der Waals surface area (Å²) in [5.41, 5.74) is 2.94. The summed E-state index contributed by atoms with van der Waals surface area (Å²) in [6.07, 6.45) is -0.812. The monoisotopic (exact) mass is 319 g/mol. The van der Waals surface area contributed by atoms with Crippen molar-refractivity contribution >= 4 is 5.69 Å². The summed E-state index contributed by atoms with van der Waals surface area (Å²) < 4.78 is 7.05. The third-order valence-electron chi connectivity index (χ3n) is 3.55. The van der Waals surface area contributed by atoms with Gasteiger partial charge in [-0.1, -0.05) is 6.07 Å². The molecule has 0 unspecified atom stereocenters. The quantitative estimate of drug-likeness (QED) is 0.652. The van der Waals surface area contributed by atoms with E-state index in [1.165, 1.54) is 4.68 Å². The molecule has 1 N–H and O–H groups in total. The SMILES string of the molecule is Cc1cc(C)cc(OC[C@@H](O)Cn2nc(C)c([N+](=O)[O-])c2C)c1. The van der Waals surface area contributed by atoms with Crippen LogP contribution >= 0.6 is 0 Å². The number of nitro groups is 1. The van der Waals surface area contributed by atoms with Gasteiger partial charge in [0, 0.05) is 0 Å². The van der Waals surface area contributed by atoms with Gasteiger partial charge in [0.25, 0.3) is 0 Å². The summed E-state index contributed by atoms with van der Waals surface area (Å²) in [4.78, 5) is 10.5. The van der Waals surface area contributed by atoms with Crippen LogP contribution in [-0.2, 0) is 6.54 Å². The first kappa shape index (κ1) is 17.0. The lowest BCUT2D eigenvalue weighted by atomic mass is 10.1. The van der Waals surface area contributed by atoms with Crippen LogP contribution in [0.15, 0.2) is 18.2 Å². The molecule has 0 aliphatic heterocycles. The van der Waals surface area contributed by atoms with Crippen molar-refractivity contribution in [2.24, 2.45) is 0 Å².